The summed E-state index contributed by atoms with van der Waals surface area (Å²) < 4.78 is 22.3. The lowest BCUT2D eigenvalue weighted by Gasteiger charge is -2.27. The summed E-state index contributed by atoms with van der Waals surface area (Å²) in [7, 11) is 0. The van der Waals surface area contributed by atoms with Crippen LogP contribution in [0.5, 0.6) is 11.6 Å². The maximum Gasteiger partial charge on any atom is 0.260 e. The molecule has 1 aliphatic rings. The van der Waals surface area contributed by atoms with E-state index in [9.17, 15) is 14.4 Å². The number of benzene rings is 3. The van der Waals surface area contributed by atoms with Gasteiger partial charge in [0.15, 0.2) is 0 Å². The summed E-state index contributed by atoms with van der Waals surface area (Å²) in [6.07, 6.45) is 0. The highest BCUT2D eigenvalue weighted by Gasteiger charge is 2.30. The zero-order valence-corrected chi connectivity index (χ0v) is 18.7. The summed E-state index contributed by atoms with van der Waals surface area (Å²) in [5.74, 6) is 0.0445. The number of piperazine rings is 1. The standard InChI is InChI=1S/C27H23FN4O2/c1-18-7-9-20(28)16-24(18)34-27-25(26(33)31-13-11-30-12-14-31)22-10-8-19(17-29)15-23(22)32(27)21-5-3-2-4-6-21/h2-10,15-16,30H,11-14H2,1H3. The maximum absolute atomic E-state index is 14.1. The van der Waals surface area contributed by atoms with E-state index in [1.807, 2.05) is 41.8 Å². The first kappa shape index (κ1) is 21.7. The van der Waals surface area contributed by atoms with Crippen LogP contribution in [0.4, 0.5) is 4.39 Å². The topological polar surface area (TPSA) is 70.3 Å². The quantitative estimate of drug-likeness (QED) is 0.482. The summed E-state index contributed by atoms with van der Waals surface area (Å²) >= 11 is 0. The molecule has 1 N–H and O–H groups in total. The molecule has 0 spiro atoms. The fourth-order valence-corrected chi connectivity index (χ4v) is 4.28. The molecule has 1 aliphatic heterocycles. The van der Waals surface area contributed by atoms with Gasteiger partial charge in [0.1, 0.15) is 17.1 Å². The van der Waals surface area contributed by atoms with E-state index in [1.165, 1.54) is 12.1 Å². The van der Waals surface area contributed by atoms with Gasteiger partial charge in [-0.25, -0.2) is 4.39 Å². The Bertz CT molecular complexity index is 1420. The average molecular weight is 455 g/mol. The lowest BCUT2D eigenvalue weighted by Crippen LogP contribution is -2.46. The number of para-hydroxylation sites is 1. The van der Waals surface area contributed by atoms with Gasteiger partial charge in [-0.05, 0) is 42.8 Å². The SMILES string of the molecule is Cc1ccc(F)cc1Oc1c(C(=O)N2CCNCC2)c2ccc(C#N)cc2n1-c1ccccc1. The van der Waals surface area contributed by atoms with Crippen molar-refractivity contribution >= 4 is 16.8 Å². The molecule has 7 heteroatoms. The molecule has 0 atom stereocenters. The highest BCUT2D eigenvalue weighted by Crippen LogP contribution is 2.40. The van der Waals surface area contributed by atoms with Crippen molar-refractivity contribution in [3.63, 3.8) is 0 Å². The van der Waals surface area contributed by atoms with Crippen LogP contribution < -0.4 is 10.1 Å². The fraction of sp³-hybridized carbons (Fsp3) is 0.185. The van der Waals surface area contributed by atoms with Crippen LogP contribution in [-0.4, -0.2) is 41.6 Å². The maximum atomic E-state index is 14.1. The third kappa shape index (κ3) is 3.89. The Labute approximate surface area is 196 Å². The van der Waals surface area contributed by atoms with Crippen molar-refractivity contribution in [1.29, 1.82) is 5.26 Å². The number of nitrogens with zero attached hydrogens (tertiary/aromatic N) is 3. The molecule has 3 aromatic carbocycles. The molecule has 1 amide bonds. The molecule has 0 radical (unpaired) electrons. The van der Waals surface area contributed by atoms with Crippen LogP contribution in [0.15, 0.2) is 66.7 Å². The van der Waals surface area contributed by atoms with Crippen LogP contribution in [0.25, 0.3) is 16.6 Å². The van der Waals surface area contributed by atoms with E-state index in [2.05, 4.69) is 11.4 Å². The Morgan fingerprint density at radius 1 is 1.06 bits per heavy atom. The number of rotatable bonds is 4. The minimum absolute atomic E-state index is 0.157. The zero-order chi connectivity index (χ0) is 23.7. The van der Waals surface area contributed by atoms with Gasteiger partial charge >= 0.3 is 0 Å². The first-order chi connectivity index (χ1) is 16.6. The molecule has 170 valence electrons. The average Bonchev–Trinajstić information content (AvgIpc) is 3.19. The van der Waals surface area contributed by atoms with Gasteiger partial charge in [0, 0.05) is 43.3 Å². The predicted octanol–water partition coefficient (Wildman–Crippen LogP) is 4.79. The molecule has 0 aliphatic carbocycles. The highest BCUT2D eigenvalue weighted by molar-refractivity contribution is 6.10. The molecule has 34 heavy (non-hydrogen) atoms. The largest absolute Gasteiger partial charge is 0.439 e. The van der Waals surface area contributed by atoms with Crippen molar-refractivity contribution in [2.24, 2.45) is 0 Å². The van der Waals surface area contributed by atoms with Gasteiger partial charge in [0.2, 0.25) is 5.88 Å². The molecule has 5 rings (SSSR count). The first-order valence-corrected chi connectivity index (χ1v) is 11.1. The molecule has 0 bridgehead atoms. The minimum Gasteiger partial charge on any atom is -0.439 e. The number of hydrogen-bond donors (Lipinski definition) is 1. The Morgan fingerprint density at radius 2 is 1.82 bits per heavy atom. The van der Waals surface area contributed by atoms with E-state index in [0.29, 0.717) is 59.8 Å². The smallest absolute Gasteiger partial charge is 0.260 e. The number of ether oxygens (including phenoxy) is 1. The van der Waals surface area contributed by atoms with Crippen molar-refractivity contribution in [2.75, 3.05) is 26.2 Å². The van der Waals surface area contributed by atoms with E-state index in [4.69, 9.17) is 4.74 Å². The van der Waals surface area contributed by atoms with E-state index in [1.54, 1.807) is 29.2 Å². The van der Waals surface area contributed by atoms with Crippen molar-refractivity contribution < 1.29 is 13.9 Å². The van der Waals surface area contributed by atoms with Gasteiger partial charge in [-0.3, -0.25) is 9.36 Å². The number of fused-ring (bicyclic) bond motifs is 1. The molecule has 1 aromatic heterocycles. The number of aryl methyl sites for hydroxylation is 1. The monoisotopic (exact) mass is 454 g/mol. The van der Waals surface area contributed by atoms with Crippen LogP contribution in [0, 0.1) is 24.1 Å². The van der Waals surface area contributed by atoms with E-state index >= 15 is 0 Å². The number of hydrogen-bond acceptors (Lipinski definition) is 4. The second-order valence-electron chi connectivity index (χ2n) is 8.25. The first-order valence-electron chi connectivity index (χ1n) is 11.1. The van der Waals surface area contributed by atoms with Gasteiger partial charge in [-0.15, -0.1) is 0 Å². The van der Waals surface area contributed by atoms with Crippen LogP contribution in [0.1, 0.15) is 21.5 Å². The Morgan fingerprint density at radius 3 is 2.56 bits per heavy atom. The van der Waals surface area contributed by atoms with Crippen LogP contribution in [0.2, 0.25) is 0 Å². The third-order valence-corrected chi connectivity index (χ3v) is 6.04. The number of carbonyl (C=O) groups is 1. The molecule has 4 aromatic rings. The lowest BCUT2D eigenvalue weighted by molar-refractivity contribution is 0.0735. The summed E-state index contributed by atoms with van der Waals surface area (Å²) in [5.41, 5.74) is 3.05. The Kier molecular flexibility index (Phi) is 5.74. The number of aromatic nitrogens is 1. The number of nitrogens with one attached hydrogen (secondary N) is 1. The zero-order valence-electron chi connectivity index (χ0n) is 18.7. The van der Waals surface area contributed by atoms with Gasteiger partial charge in [0.05, 0.1) is 17.1 Å². The van der Waals surface area contributed by atoms with Crippen LogP contribution in [0.3, 0.4) is 0 Å². The van der Waals surface area contributed by atoms with Gasteiger partial charge in [0.25, 0.3) is 5.91 Å². The molecular formula is C27H23FN4O2. The molecule has 0 unspecified atom stereocenters. The van der Waals surface area contributed by atoms with Crippen molar-refractivity contribution in [3.8, 4) is 23.4 Å². The number of halogens is 1. The van der Waals surface area contributed by atoms with Crippen molar-refractivity contribution in [1.82, 2.24) is 14.8 Å². The van der Waals surface area contributed by atoms with E-state index < -0.39 is 5.82 Å². The van der Waals surface area contributed by atoms with E-state index in [-0.39, 0.29) is 5.91 Å². The molecular weight excluding hydrogens is 431 g/mol. The van der Waals surface area contributed by atoms with Crippen molar-refractivity contribution in [2.45, 2.75) is 6.92 Å². The lowest BCUT2D eigenvalue weighted by atomic mass is 10.1. The Balaban J connectivity index is 1.81. The normalized spacial score (nSPS) is 13.6. The molecule has 0 saturated carbocycles. The number of amides is 1. The van der Waals surface area contributed by atoms with Gasteiger partial charge in [-0.2, -0.15) is 5.26 Å². The predicted molar refractivity (Wildman–Crippen MR) is 128 cm³/mol. The van der Waals surface area contributed by atoms with Gasteiger partial charge in [-0.1, -0.05) is 30.3 Å². The summed E-state index contributed by atoms with van der Waals surface area (Å²) in [4.78, 5) is 15.6. The molecule has 6 nitrogen and oxygen atoms in total. The summed E-state index contributed by atoms with van der Waals surface area (Å²) in [6.45, 7) is 4.40. The minimum atomic E-state index is -0.426. The molecule has 1 saturated heterocycles. The van der Waals surface area contributed by atoms with Crippen LogP contribution >= 0.6 is 0 Å². The summed E-state index contributed by atoms with van der Waals surface area (Å²) in [6, 6.07) is 21.3. The van der Waals surface area contributed by atoms with E-state index in [0.717, 1.165) is 11.3 Å². The second-order valence-corrected chi connectivity index (χ2v) is 8.25. The Hall–Kier alpha value is -4.15. The van der Waals surface area contributed by atoms with Crippen molar-refractivity contribution in [3.05, 3.63) is 89.2 Å². The van der Waals surface area contributed by atoms with Crippen LogP contribution in [-0.2, 0) is 0 Å². The number of carbonyl (C=O) groups excluding carboxylic acids is 1. The van der Waals surface area contributed by atoms with Gasteiger partial charge < -0.3 is 15.0 Å². The highest BCUT2D eigenvalue weighted by atomic mass is 19.1. The third-order valence-electron chi connectivity index (χ3n) is 6.04. The molecule has 2 heterocycles. The number of nitriles is 1. The second kappa shape index (κ2) is 9.00. The summed E-state index contributed by atoms with van der Waals surface area (Å²) in [5, 5.41) is 13.5. The molecule has 1 fully saturated rings. The fourth-order valence-electron chi connectivity index (χ4n) is 4.28.